The average Bonchev–Trinajstić information content (AvgIpc) is 2.71. The van der Waals surface area contributed by atoms with Crippen molar-refractivity contribution >= 4 is 17.8 Å². The summed E-state index contributed by atoms with van der Waals surface area (Å²) in [7, 11) is 4.48. The molecular weight excluding hydrogens is 368 g/mol. The van der Waals surface area contributed by atoms with E-state index in [2.05, 4.69) is 0 Å². The summed E-state index contributed by atoms with van der Waals surface area (Å²) in [5, 5.41) is 0. The van der Waals surface area contributed by atoms with Crippen LogP contribution in [0.2, 0.25) is 0 Å². The van der Waals surface area contributed by atoms with E-state index in [1.165, 1.54) is 28.3 Å². The van der Waals surface area contributed by atoms with Crippen molar-refractivity contribution < 1.29 is 33.3 Å². The van der Waals surface area contributed by atoms with Gasteiger partial charge >= 0.3 is 5.97 Å². The first kappa shape index (κ1) is 21.3. The lowest BCUT2D eigenvalue weighted by molar-refractivity contribution is -0.152. The van der Waals surface area contributed by atoms with Gasteiger partial charge in [0.2, 0.25) is 11.7 Å². The molecule has 2 rings (SSSR count). The highest BCUT2D eigenvalue weighted by Gasteiger charge is 2.23. The van der Waals surface area contributed by atoms with E-state index in [9.17, 15) is 14.4 Å². The van der Waals surface area contributed by atoms with Crippen LogP contribution in [-0.4, -0.2) is 81.7 Å². The summed E-state index contributed by atoms with van der Waals surface area (Å²) in [6, 6.07) is 3.32. The first-order valence-electron chi connectivity index (χ1n) is 8.87. The molecule has 28 heavy (non-hydrogen) atoms. The molecule has 1 saturated heterocycles. The molecule has 0 spiro atoms. The molecule has 0 radical (unpaired) electrons. The van der Waals surface area contributed by atoms with Gasteiger partial charge in [0.1, 0.15) is 0 Å². The van der Waals surface area contributed by atoms with E-state index >= 15 is 0 Å². The zero-order valence-corrected chi connectivity index (χ0v) is 16.6. The molecule has 0 unspecified atom stereocenters. The van der Waals surface area contributed by atoms with Crippen molar-refractivity contribution in [1.29, 1.82) is 0 Å². The maximum atomic E-state index is 12.2. The van der Waals surface area contributed by atoms with Gasteiger partial charge in [0, 0.05) is 33.1 Å². The van der Waals surface area contributed by atoms with Crippen molar-refractivity contribution in [2.45, 2.75) is 13.3 Å². The Balaban J connectivity index is 1.89. The predicted octanol–water partition coefficient (Wildman–Crippen LogP) is 0.489. The van der Waals surface area contributed by atoms with Crippen molar-refractivity contribution in [3.63, 3.8) is 0 Å². The van der Waals surface area contributed by atoms with Crippen molar-refractivity contribution in [2.24, 2.45) is 0 Å². The maximum Gasteiger partial charge on any atom is 0.310 e. The van der Waals surface area contributed by atoms with Gasteiger partial charge in [0.05, 0.1) is 27.8 Å². The van der Waals surface area contributed by atoms with Crippen molar-refractivity contribution in [3.05, 3.63) is 17.7 Å². The molecule has 0 aliphatic carbocycles. The molecule has 0 saturated carbocycles. The molecule has 2 amide bonds. The van der Waals surface area contributed by atoms with Crippen LogP contribution in [-0.2, 0) is 25.5 Å². The molecule has 0 bridgehead atoms. The Labute approximate surface area is 164 Å². The van der Waals surface area contributed by atoms with Gasteiger partial charge in [-0.1, -0.05) is 0 Å². The van der Waals surface area contributed by atoms with Gasteiger partial charge in [-0.2, -0.15) is 0 Å². The number of rotatable bonds is 7. The summed E-state index contributed by atoms with van der Waals surface area (Å²) in [6.45, 7) is 3.01. The zero-order valence-electron chi connectivity index (χ0n) is 16.6. The second-order valence-electron chi connectivity index (χ2n) is 6.26. The minimum Gasteiger partial charge on any atom is -0.493 e. The fraction of sp³-hybridized carbons (Fsp3) is 0.526. The third-order valence-electron chi connectivity index (χ3n) is 4.51. The Morgan fingerprint density at radius 3 is 1.89 bits per heavy atom. The SMILES string of the molecule is COc1cc(CC(=O)OCC(=O)N2CCN(C(C)=O)CC2)cc(OC)c1OC. The minimum absolute atomic E-state index is 0.0103. The summed E-state index contributed by atoms with van der Waals surface area (Å²) in [4.78, 5) is 38.9. The molecule has 1 aliphatic heterocycles. The fourth-order valence-corrected chi connectivity index (χ4v) is 2.96. The van der Waals surface area contributed by atoms with Gasteiger partial charge in [-0.25, -0.2) is 0 Å². The van der Waals surface area contributed by atoms with Crippen LogP contribution < -0.4 is 14.2 Å². The normalized spacial score (nSPS) is 13.7. The van der Waals surface area contributed by atoms with E-state index in [0.717, 1.165) is 0 Å². The molecule has 0 aromatic heterocycles. The molecule has 1 aliphatic rings. The van der Waals surface area contributed by atoms with Gasteiger partial charge in [-0.05, 0) is 17.7 Å². The molecule has 1 aromatic rings. The summed E-state index contributed by atoms with van der Waals surface area (Å²) in [5.41, 5.74) is 0.613. The van der Waals surface area contributed by atoms with Gasteiger partial charge in [-0.3, -0.25) is 14.4 Å². The van der Waals surface area contributed by atoms with E-state index in [0.29, 0.717) is 49.0 Å². The average molecular weight is 394 g/mol. The van der Waals surface area contributed by atoms with E-state index < -0.39 is 5.97 Å². The topological polar surface area (TPSA) is 94.6 Å². The monoisotopic (exact) mass is 394 g/mol. The summed E-state index contributed by atoms with van der Waals surface area (Å²) >= 11 is 0. The van der Waals surface area contributed by atoms with Crippen LogP contribution in [0.4, 0.5) is 0 Å². The van der Waals surface area contributed by atoms with Crippen LogP contribution in [0.15, 0.2) is 12.1 Å². The summed E-state index contributed by atoms with van der Waals surface area (Å²) in [5.74, 6) is 0.477. The quantitative estimate of drug-likeness (QED) is 0.621. The van der Waals surface area contributed by atoms with Gasteiger partial charge in [0.15, 0.2) is 18.1 Å². The maximum absolute atomic E-state index is 12.2. The van der Waals surface area contributed by atoms with Crippen LogP contribution in [0.25, 0.3) is 0 Å². The Morgan fingerprint density at radius 2 is 1.43 bits per heavy atom. The Hall–Kier alpha value is -2.97. The number of carbonyl (C=O) groups excluding carboxylic acids is 3. The highest BCUT2D eigenvalue weighted by atomic mass is 16.5. The van der Waals surface area contributed by atoms with Crippen LogP contribution in [0.1, 0.15) is 12.5 Å². The number of hydrogen-bond acceptors (Lipinski definition) is 7. The summed E-state index contributed by atoms with van der Waals surface area (Å²) < 4.78 is 20.9. The highest BCUT2D eigenvalue weighted by molar-refractivity contribution is 5.82. The molecule has 9 nitrogen and oxygen atoms in total. The lowest BCUT2D eigenvalue weighted by Crippen LogP contribution is -2.51. The summed E-state index contributed by atoms with van der Waals surface area (Å²) in [6.07, 6.45) is -0.0396. The molecule has 1 fully saturated rings. The molecule has 0 N–H and O–H groups in total. The van der Waals surface area contributed by atoms with Crippen LogP contribution in [0.3, 0.4) is 0 Å². The lowest BCUT2D eigenvalue weighted by atomic mass is 10.1. The van der Waals surface area contributed by atoms with E-state index in [-0.39, 0.29) is 24.8 Å². The van der Waals surface area contributed by atoms with Gasteiger partial charge in [0.25, 0.3) is 5.91 Å². The van der Waals surface area contributed by atoms with Gasteiger partial charge in [-0.15, -0.1) is 0 Å². The number of ether oxygens (including phenoxy) is 4. The van der Waals surface area contributed by atoms with Crippen LogP contribution >= 0.6 is 0 Å². The van der Waals surface area contributed by atoms with E-state index in [4.69, 9.17) is 18.9 Å². The van der Waals surface area contributed by atoms with Crippen molar-refractivity contribution in [1.82, 2.24) is 9.80 Å². The smallest absolute Gasteiger partial charge is 0.310 e. The Bertz CT molecular complexity index is 702. The predicted molar refractivity (Wildman–Crippen MR) is 99.6 cm³/mol. The van der Waals surface area contributed by atoms with Gasteiger partial charge < -0.3 is 28.7 Å². The van der Waals surface area contributed by atoms with Crippen LogP contribution in [0.5, 0.6) is 17.2 Å². The second-order valence-corrected chi connectivity index (χ2v) is 6.26. The van der Waals surface area contributed by atoms with Crippen molar-refractivity contribution in [3.8, 4) is 17.2 Å². The number of methoxy groups -OCH3 is 3. The number of benzene rings is 1. The number of piperazine rings is 1. The standard InChI is InChI=1S/C19H26N2O7/c1-13(22)20-5-7-21(8-6-20)17(23)12-28-18(24)11-14-9-15(25-2)19(27-4)16(10-14)26-3/h9-10H,5-8,11-12H2,1-4H3. The fourth-order valence-electron chi connectivity index (χ4n) is 2.96. The Morgan fingerprint density at radius 1 is 0.893 bits per heavy atom. The third kappa shape index (κ3) is 5.28. The first-order chi connectivity index (χ1) is 13.4. The number of esters is 1. The first-order valence-corrected chi connectivity index (χ1v) is 8.87. The number of carbonyl (C=O) groups is 3. The molecule has 1 heterocycles. The lowest BCUT2D eigenvalue weighted by Gasteiger charge is -2.34. The number of amides is 2. The van der Waals surface area contributed by atoms with E-state index in [1.807, 2.05) is 0 Å². The highest BCUT2D eigenvalue weighted by Crippen LogP contribution is 2.38. The largest absolute Gasteiger partial charge is 0.493 e. The minimum atomic E-state index is -0.537. The third-order valence-corrected chi connectivity index (χ3v) is 4.51. The molecule has 0 atom stereocenters. The molecule has 154 valence electrons. The van der Waals surface area contributed by atoms with Crippen LogP contribution in [0, 0.1) is 0 Å². The van der Waals surface area contributed by atoms with Crippen molar-refractivity contribution in [2.75, 3.05) is 54.1 Å². The molecular formula is C19H26N2O7. The number of hydrogen-bond donors (Lipinski definition) is 0. The van der Waals surface area contributed by atoms with E-state index in [1.54, 1.807) is 21.9 Å². The number of nitrogens with zero attached hydrogens (tertiary/aromatic N) is 2. The molecule has 1 aromatic carbocycles. The Kier molecular flexibility index (Phi) is 7.48. The molecule has 9 heteroatoms. The second kappa shape index (κ2) is 9.82. The zero-order chi connectivity index (χ0) is 20.7.